The average Bonchev–Trinajstić information content (AvgIpc) is 3.62. The van der Waals surface area contributed by atoms with E-state index in [9.17, 15) is 9.59 Å². The van der Waals surface area contributed by atoms with Gasteiger partial charge in [0.2, 0.25) is 0 Å². The molecule has 0 radical (unpaired) electrons. The number of esters is 1. The van der Waals surface area contributed by atoms with Crippen molar-refractivity contribution < 1.29 is 23.8 Å². The molecule has 3 heterocycles. The molecule has 1 unspecified atom stereocenters. The van der Waals surface area contributed by atoms with Crippen LogP contribution in [0.15, 0.2) is 58.3 Å². The maximum Gasteiger partial charge on any atom is 0.306 e. The van der Waals surface area contributed by atoms with E-state index < -0.39 is 5.97 Å². The minimum absolute atomic E-state index is 0.233. The van der Waals surface area contributed by atoms with Crippen LogP contribution in [0.25, 0.3) is 0 Å². The fourth-order valence-electron chi connectivity index (χ4n) is 3.61. The number of hydrogen-bond donors (Lipinski definition) is 0. The van der Waals surface area contributed by atoms with Crippen LogP contribution in [0.5, 0.6) is 11.5 Å². The predicted molar refractivity (Wildman–Crippen MR) is 128 cm³/mol. The Morgan fingerprint density at radius 3 is 2.55 bits per heavy atom. The Hall–Kier alpha value is -3.17. The van der Waals surface area contributed by atoms with E-state index in [1.54, 1.807) is 36.9 Å². The Morgan fingerprint density at radius 1 is 1.06 bits per heavy atom. The van der Waals surface area contributed by atoms with Gasteiger partial charge in [-0.15, -0.1) is 22.7 Å². The van der Waals surface area contributed by atoms with E-state index in [4.69, 9.17) is 14.2 Å². The molecule has 2 aromatic heterocycles. The van der Waals surface area contributed by atoms with E-state index in [0.29, 0.717) is 24.3 Å². The fourth-order valence-corrected chi connectivity index (χ4v) is 5.04. The van der Waals surface area contributed by atoms with Gasteiger partial charge >= 0.3 is 5.97 Å². The van der Waals surface area contributed by atoms with Crippen molar-refractivity contribution in [3.8, 4) is 11.5 Å². The number of hydrazone groups is 1. The first-order valence-electron chi connectivity index (χ1n) is 10.4. The first-order chi connectivity index (χ1) is 16.1. The third kappa shape index (κ3) is 5.43. The molecular formula is C24H24N2O5S2. The summed E-state index contributed by atoms with van der Waals surface area (Å²) in [5, 5.41) is 9.96. The van der Waals surface area contributed by atoms with Gasteiger partial charge in [0, 0.05) is 11.3 Å². The molecule has 7 nitrogen and oxygen atoms in total. The minimum atomic E-state index is -0.402. The van der Waals surface area contributed by atoms with Crippen molar-refractivity contribution in [2.75, 3.05) is 20.8 Å². The summed E-state index contributed by atoms with van der Waals surface area (Å²) in [7, 11) is 3.15. The third-order valence-electron chi connectivity index (χ3n) is 5.28. The maximum atomic E-state index is 13.1. The fraction of sp³-hybridized carbons (Fsp3) is 0.292. The highest BCUT2D eigenvalue weighted by Crippen LogP contribution is 2.37. The van der Waals surface area contributed by atoms with Crippen molar-refractivity contribution in [2.45, 2.75) is 25.3 Å². The molecule has 3 aromatic rings. The number of nitrogens with zero attached hydrogens (tertiary/aromatic N) is 2. The molecule has 4 rings (SSSR count). The molecule has 0 saturated carbocycles. The Labute approximate surface area is 200 Å². The van der Waals surface area contributed by atoms with Gasteiger partial charge in [0.15, 0.2) is 18.1 Å². The molecule has 0 saturated heterocycles. The standard InChI is InChI=1S/C24H24N2O5S2/c1-29-20-9-7-16(13-21(20)30-2)19-14-18(22-6-4-12-33-22)25-26(19)23(27)15-31-24(28)10-8-17-5-3-11-32-17/h3-7,9,11-13,19H,8,10,14-15H2,1-2H3. The number of amides is 1. The number of ether oxygens (including phenoxy) is 3. The van der Waals surface area contributed by atoms with Gasteiger partial charge in [-0.05, 0) is 47.0 Å². The van der Waals surface area contributed by atoms with Crippen LogP contribution in [0.1, 0.15) is 34.2 Å². The van der Waals surface area contributed by atoms with Crippen molar-refractivity contribution >= 4 is 40.3 Å². The lowest BCUT2D eigenvalue weighted by atomic mass is 10.0. The van der Waals surface area contributed by atoms with Gasteiger partial charge in [-0.25, -0.2) is 5.01 Å². The molecule has 1 aromatic carbocycles. The number of thiophene rings is 2. The Bertz CT molecular complexity index is 1130. The molecule has 0 spiro atoms. The third-order valence-corrected chi connectivity index (χ3v) is 7.13. The topological polar surface area (TPSA) is 77.4 Å². The molecule has 172 valence electrons. The number of methoxy groups -OCH3 is 2. The zero-order chi connectivity index (χ0) is 23.2. The molecule has 1 aliphatic rings. The van der Waals surface area contributed by atoms with Gasteiger partial charge in [-0.2, -0.15) is 5.10 Å². The summed E-state index contributed by atoms with van der Waals surface area (Å²) in [6.45, 7) is -0.353. The molecule has 1 aliphatic heterocycles. The lowest BCUT2D eigenvalue weighted by Gasteiger charge is -2.22. The normalized spacial score (nSPS) is 15.3. The molecule has 0 aliphatic carbocycles. The Morgan fingerprint density at radius 2 is 1.85 bits per heavy atom. The highest BCUT2D eigenvalue weighted by molar-refractivity contribution is 7.12. The molecule has 0 N–H and O–H groups in total. The highest BCUT2D eigenvalue weighted by Gasteiger charge is 2.34. The van der Waals surface area contributed by atoms with E-state index in [2.05, 4.69) is 5.10 Å². The monoisotopic (exact) mass is 484 g/mol. The van der Waals surface area contributed by atoms with E-state index in [0.717, 1.165) is 21.0 Å². The van der Waals surface area contributed by atoms with Gasteiger partial charge in [-0.3, -0.25) is 9.59 Å². The number of aryl methyl sites for hydroxylation is 1. The summed E-state index contributed by atoms with van der Waals surface area (Å²) in [5.41, 5.74) is 1.68. The van der Waals surface area contributed by atoms with Crippen molar-refractivity contribution in [1.29, 1.82) is 0 Å². The van der Waals surface area contributed by atoms with E-state index in [1.165, 1.54) is 5.01 Å². The van der Waals surface area contributed by atoms with Crippen molar-refractivity contribution in [3.63, 3.8) is 0 Å². The zero-order valence-electron chi connectivity index (χ0n) is 18.4. The summed E-state index contributed by atoms with van der Waals surface area (Å²) in [4.78, 5) is 27.3. The molecule has 33 heavy (non-hydrogen) atoms. The number of hydrogen-bond acceptors (Lipinski definition) is 8. The molecule has 0 bridgehead atoms. The van der Waals surface area contributed by atoms with Crippen molar-refractivity contribution in [3.05, 3.63) is 68.5 Å². The quantitative estimate of drug-likeness (QED) is 0.412. The molecule has 1 atom stereocenters. The second-order valence-electron chi connectivity index (χ2n) is 7.34. The van der Waals surface area contributed by atoms with Crippen LogP contribution in [-0.4, -0.2) is 43.4 Å². The van der Waals surface area contributed by atoms with Crippen molar-refractivity contribution in [1.82, 2.24) is 5.01 Å². The van der Waals surface area contributed by atoms with Gasteiger partial charge < -0.3 is 14.2 Å². The summed E-state index contributed by atoms with van der Waals surface area (Å²) >= 11 is 3.16. The van der Waals surface area contributed by atoms with Gasteiger partial charge in [0.05, 0.1) is 37.3 Å². The lowest BCUT2D eigenvalue weighted by Crippen LogP contribution is -2.31. The van der Waals surface area contributed by atoms with Crippen LogP contribution in [0.4, 0.5) is 0 Å². The maximum absolute atomic E-state index is 13.1. The van der Waals surface area contributed by atoms with Crippen LogP contribution in [0, 0.1) is 0 Å². The minimum Gasteiger partial charge on any atom is -0.493 e. The van der Waals surface area contributed by atoms with E-state index in [-0.39, 0.29) is 25.0 Å². The number of carbonyl (C=O) groups excluding carboxylic acids is 2. The second-order valence-corrected chi connectivity index (χ2v) is 9.32. The predicted octanol–water partition coefficient (Wildman–Crippen LogP) is 4.68. The molecule has 9 heteroatoms. The van der Waals surface area contributed by atoms with Crippen LogP contribution in [0.2, 0.25) is 0 Å². The van der Waals surface area contributed by atoms with Crippen LogP contribution in [-0.2, 0) is 20.7 Å². The van der Waals surface area contributed by atoms with Crippen LogP contribution >= 0.6 is 22.7 Å². The van der Waals surface area contributed by atoms with Crippen LogP contribution < -0.4 is 9.47 Å². The van der Waals surface area contributed by atoms with Gasteiger partial charge in [0.25, 0.3) is 5.91 Å². The number of rotatable bonds is 9. The summed E-state index contributed by atoms with van der Waals surface area (Å²) in [6, 6.07) is 13.1. The largest absolute Gasteiger partial charge is 0.493 e. The summed E-state index contributed by atoms with van der Waals surface area (Å²) in [6.07, 6.45) is 1.38. The zero-order valence-corrected chi connectivity index (χ0v) is 20.0. The smallest absolute Gasteiger partial charge is 0.306 e. The number of benzene rings is 1. The molecular weight excluding hydrogens is 460 g/mol. The Balaban J connectivity index is 1.48. The van der Waals surface area contributed by atoms with E-state index >= 15 is 0 Å². The van der Waals surface area contributed by atoms with Crippen molar-refractivity contribution in [2.24, 2.45) is 5.10 Å². The average molecular weight is 485 g/mol. The first-order valence-corrected chi connectivity index (χ1v) is 12.2. The Kier molecular flexibility index (Phi) is 7.41. The van der Waals surface area contributed by atoms with Crippen LogP contribution in [0.3, 0.4) is 0 Å². The van der Waals surface area contributed by atoms with Gasteiger partial charge in [-0.1, -0.05) is 18.2 Å². The molecule has 1 amide bonds. The highest BCUT2D eigenvalue weighted by atomic mass is 32.1. The lowest BCUT2D eigenvalue weighted by molar-refractivity contribution is -0.152. The SMILES string of the molecule is COc1ccc(C2CC(c3cccs3)=NN2C(=O)COC(=O)CCc2cccs2)cc1OC. The summed E-state index contributed by atoms with van der Waals surface area (Å²) < 4.78 is 16.0. The van der Waals surface area contributed by atoms with Gasteiger partial charge in [0.1, 0.15) is 0 Å². The molecule has 0 fully saturated rings. The first kappa shape index (κ1) is 23.0. The summed E-state index contributed by atoms with van der Waals surface area (Å²) in [5.74, 6) is 0.412. The van der Waals surface area contributed by atoms with E-state index in [1.807, 2.05) is 53.2 Å². The second kappa shape index (κ2) is 10.6. The number of carbonyl (C=O) groups is 2.